The van der Waals surface area contributed by atoms with Gasteiger partial charge in [-0.15, -0.1) is 0 Å². The fourth-order valence-electron chi connectivity index (χ4n) is 2.27. The summed E-state index contributed by atoms with van der Waals surface area (Å²) in [6.45, 7) is 2.71. The molecule has 3 heteroatoms. The van der Waals surface area contributed by atoms with Crippen molar-refractivity contribution < 1.29 is 14.3 Å². The molecule has 0 bridgehead atoms. The molecule has 1 aliphatic carbocycles. The number of allylic oxidation sites excluding steroid dienone is 2. The van der Waals surface area contributed by atoms with Crippen molar-refractivity contribution in [2.45, 2.75) is 57.5 Å². The van der Waals surface area contributed by atoms with Crippen LogP contribution in [0.25, 0.3) is 0 Å². The SMILES string of the molecule is CCCCCCCCOC(=O)C=CC1(OC)C=CC=CC1. The van der Waals surface area contributed by atoms with E-state index in [0.29, 0.717) is 6.61 Å². The first-order valence-electron chi connectivity index (χ1n) is 7.98. The first kappa shape index (κ1) is 17.7. The largest absolute Gasteiger partial charge is 0.463 e. The minimum atomic E-state index is -0.506. The highest BCUT2D eigenvalue weighted by Crippen LogP contribution is 2.23. The second kappa shape index (κ2) is 10.4. The Bertz CT molecular complexity index is 382. The second-order valence-corrected chi connectivity index (χ2v) is 5.42. The molecule has 0 saturated carbocycles. The van der Waals surface area contributed by atoms with Crippen molar-refractivity contribution in [3.63, 3.8) is 0 Å². The lowest BCUT2D eigenvalue weighted by Gasteiger charge is -2.25. The van der Waals surface area contributed by atoms with Gasteiger partial charge in [0.25, 0.3) is 0 Å². The van der Waals surface area contributed by atoms with Crippen LogP contribution in [0.3, 0.4) is 0 Å². The molecule has 118 valence electrons. The van der Waals surface area contributed by atoms with Gasteiger partial charge in [0.2, 0.25) is 0 Å². The molecule has 0 aromatic carbocycles. The van der Waals surface area contributed by atoms with E-state index in [2.05, 4.69) is 6.92 Å². The molecule has 0 aliphatic heterocycles. The van der Waals surface area contributed by atoms with Gasteiger partial charge in [-0.25, -0.2) is 4.79 Å². The van der Waals surface area contributed by atoms with Crippen LogP contribution in [-0.4, -0.2) is 25.3 Å². The van der Waals surface area contributed by atoms with Crippen molar-refractivity contribution in [2.24, 2.45) is 0 Å². The molecule has 1 unspecified atom stereocenters. The molecule has 0 aromatic rings. The maximum absolute atomic E-state index is 11.7. The number of methoxy groups -OCH3 is 1. The van der Waals surface area contributed by atoms with Gasteiger partial charge in [0.15, 0.2) is 0 Å². The maximum Gasteiger partial charge on any atom is 0.330 e. The molecule has 0 heterocycles. The molecule has 0 saturated heterocycles. The molecule has 0 aromatic heterocycles. The third-order valence-corrected chi connectivity index (χ3v) is 3.69. The van der Waals surface area contributed by atoms with Gasteiger partial charge in [-0.2, -0.15) is 0 Å². The molecular weight excluding hydrogens is 264 g/mol. The van der Waals surface area contributed by atoms with Crippen molar-refractivity contribution in [1.29, 1.82) is 0 Å². The van der Waals surface area contributed by atoms with Crippen molar-refractivity contribution in [3.8, 4) is 0 Å². The molecule has 0 radical (unpaired) electrons. The number of carbonyl (C=O) groups excluding carboxylic acids is 1. The average molecular weight is 292 g/mol. The Labute approximate surface area is 128 Å². The van der Waals surface area contributed by atoms with E-state index in [9.17, 15) is 4.79 Å². The van der Waals surface area contributed by atoms with E-state index in [-0.39, 0.29) is 5.97 Å². The van der Waals surface area contributed by atoms with Crippen LogP contribution in [0.5, 0.6) is 0 Å². The monoisotopic (exact) mass is 292 g/mol. The first-order chi connectivity index (χ1) is 10.2. The summed E-state index contributed by atoms with van der Waals surface area (Å²) < 4.78 is 10.7. The summed E-state index contributed by atoms with van der Waals surface area (Å²) in [5.74, 6) is -0.289. The van der Waals surface area contributed by atoms with Crippen LogP contribution < -0.4 is 0 Å². The van der Waals surface area contributed by atoms with Gasteiger partial charge in [0.1, 0.15) is 5.60 Å². The fourth-order valence-corrected chi connectivity index (χ4v) is 2.27. The number of rotatable bonds is 10. The minimum Gasteiger partial charge on any atom is -0.463 e. The third kappa shape index (κ3) is 7.28. The minimum absolute atomic E-state index is 0.289. The zero-order chi connectivity index (χ0) is 15.4. The van der Waals surface area contributed by atoms with Crippen LogP contribution in [0.2, 0.25) is 0 Å². The summed E-state index contributed by atoms with van der Waals surface area (Å²) in [6.07, 6.45) is 19.0. The Morgan fingerprint density at radius 2 is 1.95 bits per heavy atom. The van der Waals surface area contributed by atoms with E-state index in [0.717, 1.165) is 19.3 Å². The van der Waals surface area contributed by atoms with Crippen molar-refractivity contribution in [3.05, 3.63) is 36.5 Å². The van der Waals surface area contributed by atoms with Crippen molar-refractivity contribution >= 4 is 5.97 Å². The topological polar surface area (TPSA) is 35.5 Å². The predicted octanol–water partition coefficient (Wildman–Crippen LogP) is 4.35. The normalized spacial score (nSPS) is 21.0. The van der Waals surface area contributed by atoms with Crippen LogP contribution in [0.1, 0.15) is 51.9 Å². The Balaban J connectivity index is 2.19. The molecular formula is C18H28O3. The lowest BCUT2D eigenvalue weighted by molar-refractivity contribution is -0.138. The summed E-state index contributed by atoms with van der Waals surface area (Å²) in [7, 11) is 1.65. The van der Waals surface area contributed by atoms with Gasteiger partial charge in [-0.05, 0) is 18.6 Å². The highest BCUT2D eigenvalue weighted by atomic mass is 16.5. The summed E-state index contributed by atoms with van der Waals surface area (Å²) >= 11 is 0. The smallest absolute Gasteiger partial charge is 0.330 e. The Morgan fingerprint density at radius 3 is 2.62 bits per heavy atom. The quantitative estimate of drug-likeness (QED) is 0.341. The zero-order valence-electron chi connectivity index (χ0n) is 13.3. The molecule has 0 spiro atoms. The summed E-state index contributed by atoms with van der Waals surface area (Å²) in [5.41, 5.74) is -0.506. The van der Waals surface area contributed by atoms with Crippen LogP contribution >= 0.6 is 0 Å². The molecule has 21 heavy (non-hydrogen) atoms. The van der Waals surface area contributed by atoms with Gasteiger partial charge >= 0.3 is 5.97 Å². The molecule has 1 rings (SSSR count). The molecule has 3 nitrogen and oxygen atoms in total. The Morgan fingerprint density at radius 1 is 1.19 bits per heavy atom. The average Bonchev–Trinajstić information content (AvgIpc) is 2.53. The lowest BCUT2D eigenvalue weighted by atomic mass is 9.94. The molecule has 1 atom stereocenters. The van der Waals surface area contributed by atoms with Crippen LogP contribution in [0, 0.1) is 0 Å². The van der Waals surface area contributed by atoms with Gasteiger partial charge < -0.3 is 9.47 Å². The van der Waals surface area contributed by atoms with E-state index in [1.54, 1.807) is 13.2 Å². The van der Waals surface area contributed by atoms with Crippen molar-refractivity contribution in [1.82, 2.24) is 0 Å². The van der Waals surface area contributed by atoms with Gasteiger partial charge in [-0.3, -0.25) is 0 Å². The second-order valence-electron chi connectivity index (χ2n) is 5.42. The van der Waals surface area contributed by atoms with Crippen LogP contribution in [-0.2, 0) is 14.3 Å². The third-order valence-electron chi connectivity index (χ3n) is 3.69. The van der Waals surface area contributed by atoms with Crippen LogP contribution in [0.15, 0.2) is 36.5 Å². The first-order valence-corrected chi connectivity index (χ1v) is 7.98. The maximum atomic E-state index is 11.7. The number of hydrogen-bond donors (Lipinski definition) is 0. The van der Waals surface area contributed by atoms with Crippen molar-refractivity contribution in [2.75, 3.05) is 13.7 Å². The zero-order valence-corrected chi connectivity index (χ0v) is 13.3. The molecule has 0 amide bonds. The summed E-state index contributed by atoms with van der Waals surface area (Å²) in [6, 6.07) is 0. The van der Waals surface area contributed by atoms with E-state index >= 15 is 0 Å². The number of ether oxygens (including phenoxy) is 2. The standard InChI is InChI=1S/C18H28O3/c1-3-4-5-6-7-11-16-21-17(19)12-15-18(20-2)13-9-8-10-14-18/h8-10,12-13,15H,3-7,11,14,16H2,1-2H3. The lowest BCUT2D eigenvalue weighted by Crippen LogP contribution is -2.26. The molecule has 0 N–H and O–H groups in total. The fraction of sp³-hybridized carbons (Fsp3) is 0.611. The highest BCUT2D eigenvalue weighted by molar-refractivity contribution is 5.82. The number of hydrogen-bond acceptors (Lipinski definition) is 3. The van der Waals surface area contributed by atoms with E-state index in [1.165, 1.54) is 31.8 Å². The number of carbonyl (C=O) groups is 1. The highest BCUT2D eigenvalue weighted by Gasteiger charge is 2.23. The molecule has 0 fully saturated rings. The van der Waals surface area contributed by atoms with E-state index in [1.807, 2.05) is 24.3 Å². The summed E-state index contributed by atoms with van der Waals surface area (Å²) in [5, 5.41) is 0. The number of unbranched alkanes of at least 4 members (excludes halogenated alkanes) is 5. The van der Waals surface area contributed by atoms with E-state index in [4.69, 9.17) is 9.47 Å². The van der Waals surface area contributed by atoms with E-state index < -0.39 is 5.60 Å². The van der Waals surface area contributed by atoms with Gasteiger partial charge in [0.05, 0.1) is 6.61 Å². The molecule has 1 aliphatic rings. The Hall–Kier alpha value is -1.35. The predicted molar refractivity (Wildman–Crippen MR) is 86.1 cm³/mol. The van der Waals surface area contributed by atoms with Gasteiger partial charge in [-0.1, -0.05) is 57.3 Å². The number of esters is 1. The van der Waals surface area contributed by atoms with Gasteiger partial charge in [0, 0.05) is 19.6 Å². The summed E-state index contributed by atoms with van der Waals surface area (Å²) in [4.78, 5) is 11.7. The Kier molecular flexibility index (Phi) is 8.76. The van der Waals surface area contributed by atoms with Crippen LogP contribution in [0.4, 0.5) is 0 Å².